The Bertz CT molecular complexity index is 1240. The first-order valence-electron chi connectivity index (χ1n) is 10.5. The van der Waals surface area contributed by atoms with Crippen LogP contribution in [0.4, 0.5) is 5.82 Å². The summed E-state index contributed by atoms with van der Waals surface area (Å²) < 4.78 is 2.63. The summed E-state index contributed by atoms with van der Waals surface area (Å²) in [5.74, 6) is 0.982. The molecule has 7 nitrogen and oxygen atoms in total. The van der Waals surface area contributed by atoms with Gasteiger partial charge in [-0.05, 0) is 77.2 Å². The first kappa shape index (κ1) is 22.0. The standard InChI is InChI=1S/C24H24BrN5O2/c1-15(2)5-4-12-30-23-19(22(29-30)28-24(32)17-6-3-11-26-14-17)13-20(25)21(27-23)16-7-9-18(31)10-8-16/h3,6-11,13-15,31H,4-5,12H2,1-2H3,(H,28,29,32). The number of hydrogen-bond donors (Lipinski definition) is 2. The highest BCUT2D eigenvalue weighted by Crippen LogP contribution is 2.33. The van der Waals surface area contributed by atoms with E-state index < -0.39 is 0 Å². The van der Waals surface area contributed by atoms with E-state index in [-0.39, 0.29) is 11.7 Å². The Labute approximate surface area is 194 Å². The van der Waals surface area contributed by atoms with Crippen LogP contribution in [-0.2, 0) is 6.54 Å². The molecule has 1 aromatic carbocycles. The largest absolute Gasteiger partial charge is 0.508 e. The summed E-state index contributed by atoms with van der Waals surface area (Å²) in [5, 5.41) is 18.0. The Morgan fingerprint density at radius 1 is 1.22 bits per heavy atom. The smallest absolute Gasteiger partial charge is 0.258 e. The number of halogens is 1. The Kier molecular flexibility index (Phi) is 6.50. The lowest BCUT2D eigenvalue weighted by molar-refractivity contribution is 0.102. The van der Waals surface area contributed by atoms with Gasteiger partial charge in [0.05, 0.1) is 16.6 Å². The molecule has 164 valence electrons. The van der Waals surface area contributed by atoms with Crippen LogP contribution in [0.15, 0.2) is 59.3 Å². The number of aryl methyl sites for hydroxylation is 1. The van der Waals surface area contributed by atoms with Gasteiger partial charge in [-0.3, -0.25) is 9.78 Å². The van der Waals surface area contributed by atoms with E-state index in [1.165, 1.54) is 6.20 Å². The molecule has 0 atom stereocenters. The van der Waals surface area contributed by atoms with Gasteiger partial charge >= 0.3 is 0 Å². The predicted molar refractivity (Wildman–Crippen MR) is 129 cm³/mol. The van der Waals surface area contributed by atoms with Crippen LogP contribution in [0.5, 0.6) is 5.75 Å². The zero-order valence-electron chi connectivity index (χ0n) is 17.9. The minimum Gasteiger partial charge on any atom is -0.508 e. The number of phenolic OH excluding ortho intramolecular Hbond substituents is 1. The molecule has 0 aliphatic rings. The number of amides is 1. The van der Waals surface area contributed by atoms with Crippen molar-refractivity contribution in [2.45, 2.75) is 33.2 Å². The van der Waals surface area contributed by atoms with Crippen LogP contribution < -0.4 is 5.32 Å². The van der Waals surface area contributed by atoms with Crippen molar-refractivity contribution in [3.63, 3.8) is 0 Å². The number of anilines is 1. The highest BCUT2D eigenvalue weighted by Gasteiger charge is 2.18. The number of benzene rings is 1. The van der Waals surface area contributed by atoms with Gasteiger partial charge in [-0.25, -0.2) is 9.67 Å². The number of pyridine rings is 2. The molecule has 1 amide bonds. The average molecular weight is 494 g/mol. The highest BCUT2D eigenvalue weighted by atomic mass is 79.9. The second kappa shape index (κ2) is 9.48. The van der Waals surface area contributed by atoms with E-state index >= 15 is 0 Å². The highest BCUT2D eigenvalue weighted by molar-refractivity contribution is 9.10. The molecule has 3 aromatic heterocycles. The van der Waals surface area contributed by atoms with Gasteiger partial charge < -0.3 is 10.4 Å². The number of carbonyl (C=O) groups excluding carboxylic acids is 1. The maximum absolute atomic E-state index is 12.7. The molecular weight excluding hydrogens is 470 g/mol. The van der Waals surface area contributed by atoms with Gasteiger partial charge in [0.1, 0.15) is 5.75 Å². The van der Waals surface area contributed by atoms with E-state index in [0.29, 0.717) is 29.5 Å². The van der Waals surface area contributed by atoms with E-state index in [1.54, 1.807) is 30.5 Å². The van der Waals surface area contributed by atoms with Gasteiger partial charge in [-0.15, -0.1) is 0 Å². The molecule has 3 heterocycles. The molecule has 0 radical (unpaired) electrons. The van der Waals surface area contributed by atoms with Gasteiger partial charge in [0.2, 0.25) is 0 Å². The quantitative estimate of drug-likeness (QED) is 0.346. The zero-order valence-corrected chi connectivity index (χ0v) is 19.5. The number of nitrogens with one attached hydrogen (secondary N) is 1. The molecule has 0 unspecified atom stereocenters. The molecule has 0 saturated carbocycles. The fraction of sp³-hybridized carbons (Fsp3) is 0.250. The number of phenols is 1. The maximum Gasteiger partial charge on any atom is 0.258 e. The summed E-state index contributed by atoms with van der Waals surface area (Å²) in [7, 11) is 0. The molecule has 0 fully saturated rings. The molecule has 2 N–H and O–H groups in total. The molecule has 32 heavy (non-hydrogen) atoms. The van der Waals surface area contributed by atoms with Gasteiger partial charge in [0.15, 0.2) is 11.5 Å². The van der Waals surface area contributed by atoms with Crippen molar-refractivity contribution in [3.05, 3.63) is 64.9 Å². The van der Waals surface area contributed by atoms with Crippen molar-refractivity contribution in [1.29, 1.82) is 0 Å². The lowest BCUT2D eigenvalue weighted by Crippen LogP contribution is -2.13. The Morgan fingerprint density at radius 2 is 2.00 bits per heavy atom. The topological polar surface area (TPSA) is 92.9 Å². The van der Waals surface area contributed by atoms with E-state index in [2.05, 4.69) is 45.2 Å². The first-order valence-corrected chi connectivity index (χ1v) is 11.3. The van der Waals surface area contributed by atoms with Crippen LogP contribution in [0.1, 0.15) is 37.0 Å². The summed E-state index contributed by atoms with van der Waals surface area (Å²) >= 11 is 3.61. The molecule has 0 bridgehead atoms. The lowest BCUT2D eigenvalue weighted by Gasteiger charge is -2.08. The minimum atomic E-state index is -0.273. The molecule has 0 aliphatic heterocycles. The van der Waals surface area contributed by atoms with Crippen molar-refractivity contribution in [2.24, 2.45) is 5.92 Å². The molecule has 0 saturated heterocycles. The number of rotatable bonds is 7. The zero-order chi connectivity index (χ0) is 22.7. The van der Waals surface area contributed by atoms with Crippen LogP contribution in [-0.4, -0.2) is 30.8 Å². The van der Waals surface area contributed by atoms with Crippen molar-refractivity contribution in [3.8, 4) is 17.0 Å². The molecule has 0 spiro atoms. The number of carbonyl (C=O) groups is 1. The summed E-state index contributed by atoms with van der Waals surface area (Å²) in [6, 6.07) is 12.3. The monoisotopic (exact) mass is 493 g/mol. The van der Waals surface area contributed by atoms with Crippen LogP contribution in [0, 0.1) is 5.92 Å². The normalized spacial score (nSPS) is 11.2. The van der Waals surface area contributed by atoms with Gasteiger partial charge in [-0.2, -0.15) is 5.10 Å². The van der Waals surface area contributed by atoms with Crippen molar-refractivity contribution in [2.75, 3.05) is 5.32 Å². The van der Waals surface area contributed by atoms with Gasteiger partial charge in [0, 0.05) is 29.0 Å². The Hall–Kier alpha value is -3.26. The van der Waals surface area contributed by atoms with Crippen LogP contribution >= 0.6 is 15.9 Å². The second-order valence-corrected chi connectivity index (χ2v) is 8.89. The average Bonchev–Trinajstić information content (AvgIpc) is 3.10. The fourth-order valence-electron chi connectivity index (χ4n) is 3.47. The van der Waals surface area contributed by atoms with E-state index in [1.807, 2.05) is 22.9 Å². The Morgan fingerprint density at radius 3 is 2.69 bits per heavy atom. The van der Waals surface area contributed by atoms with Crippen LogP contribution in [0.2, 0.25) is 0 Å². The van der Waals surface area contributed by atoms with Gasteiger partial charge in [0.25, 0.3) is 5.91 Å². The maximum atomic E-state index is 12.7. The van der Waals surface area contributed by atoms with Gasteiger partial charge in [-0.1, -0.05) is 13.8 Å². The van der Waals surface area contributed by atoms with E-state index in [9.17, 15) is 9.90 Å². The number of nitrogens with zero attached hydrogens (tertiary/aromatic N) is 4. The second-order valence-electron chi connectivity index (χ2n) is 8.04. The van der Waals surface area contributed by atoms with Crippen molar-refractivity contribution >= 4 is 38.7 Å². The van der Waals surface area contributed by atoms with E-state index in [4.69, 9.17) is 4.98 Å². The third-order valence-electron chi connectivity index (χ3n) is 5.12. The Balaban J connectivity index is 1.75. The molecule has 4 aromatic rings. The summed E-state index contributed by atoms with van der Waals surface area (Å²) in [6.45, 7) is 5.08. The SMILES string of the molecule is CC(C)CCCn1nc(NC(=O)c2cccnc2)c2cc(Br)c(-c3ccc(O)cc3)nc21. The minimum absolute atomic E-state index is 0.199. The first-order chi connectivity index (χ1) is 15.4. The fourth-order valence-corrected chi connectivity index (χ4v) is 4.01. The number of aromatic nitrogens is 4. The van der Waals surface area contributed by atoms with E-state index in [0.717, 1.165) is 34.0 Å². The van der Waals surface area contributed by atoms with Crippen molar-refractivity contribution in [1.82, 2.24) is 19.7 Å². The lowest BCUT2D eigenvalue weighted by atomic mass is 10.1. The van der Waals surface area contributed by atoms with Crippen LogP contribution in [0.25, 0.3) is 22.3 Å². The summed E-state index contributed by atoms with van der Waals surface area (Å²) in [5.41, 5.74) is 2.77. The summed E-state index contributed by atoms with van der Waals surface area (Å²) in [6.07, 6.45) is 5.17. The predicted octanol–water partition coefficient (Wildman–Crippen LogP) is 5.65. The molecular formula is C24H24BrN5O2. The molecule has 8 heteroatoms. The third kappa shape index (κ3) is 4.80. The van der Waals surface area contributed by atoms with Crippen LogP contribution in [0.3, 0.4) is 0 Å². The third-order valence-corrected chi connectivity index (χ3v) is 5.73. The molecule has 4 rings (SSSR count). The number of hydrogen-bond acceptors (Lipinski definition) is 5. The molecule has 0 aliphatic carbocycles. The number of fused-ring (bicyclic) bond motifs is 1. The summed E-state index contributed by atoms with van der Waals surface area (Å²) in [4.78, 5) is 21.6. The van der Waals surface area contributed by atoms with Crippen molar-refractivity contribution < 1.29 is 9.90 Å². The number of aromatic hydroxyl groups is 1.